The molecule has 0 radical (unpaired) electrons. The predicted molar refractivity (Wildman–Crippen MR) is 77.9 cm³/mol. The number of aryl methyl sites for hydroxylation is 1. The number of carbonyl (C=O) groups is 2. The van der Waals surface area contributed by atoms with E-state index in [4.69, 9.17) is 0 Å². The Balaban J connectivity index is 1.90. The molecule has 0 atom stereocenters. The fraction of sp³-hybridized carbons (Fsp3) is 0.667. The number of carbonyl (C=O) groups excluding carboxylic acids is 2. The molecule has 6 nitrogen and oxygen atoms in total. The Bertz CT molecular complexity index is 502. The van der Waals surface area contributed by atoms with Crippen LogP contribution in [0.4, 0.5) is 0 Å². The minimum atomic E-state index is -0.875. The summed E-state index contributed by atoms with van der Waals surface area (Å²) >= 11 is 0. The van der Waals surface area contributed by atoms with Crippen LogP contribution in [0.1, 0.15) is 55.8 Å². The van der Waals surface area contributed by atoms with Crippen LogP contribution in [0.2, 0.25) is 0 Å². The van der Waals surface area contributed by atoms with Gasteiger partial charge in [-0.05, 0) is 19.8 Å². The molecule has 116 valence electrons. The third kappa shape index (κ3) is 4.14. The van der Waals surface area contributed by atoms with Crippen molar-refractivity contribution >= 4 is 11.7 Å². The molecular weight excluding hydrogens is 270 g/mol. The number of nitrogens with one attached hydrogen (secondary N) is 1. The lowest BCUT2D eigenvalue weighted by atomic mass is 9.94. The van der Waals surface area contributed by atoms with Crippen LogP contribution in [-0.4, -0.2) is 38.7 Å². The predicted octanol–water partition coefficient (Wildman–Crippen LogP) is 1.29. The SMILES string of the molecule is CCn1cc(C(=O)C(=O)NCC2(O)CCCCCC2)cn1. The molecule has 1 aromatic rings. The highest BCUT2D eigenvalue weighted by Gasteiger charge is 2.29. The van der Waals surface area contributed by atoms with Crippen LogP contribution in [0.25, 0.3) is 0 Å². The number of nitrogens with zero attached hydrogens (tertiary/aromatic N) is 2. The van der Waals surface area contributed by atoms with Crippen LogP contribution >= 0.6 is 0 Å². The van der Waals surface area contributed by atoms with Crippen molar-refractivity contribution in [3.05, 3.63) is 18.0 Å². The molecule has 2 N–H and O–H groups in total. The zero-order valence-corrected chi connectivity index (χ0v) is 12.5. The summed E-state index contributed by atoms with van der Waals surface area (Å²) in [5.74, 6) is -1.28. The van der Waals surface area contributed by atoms with Crippen LogP contribution in [0, 0.1) is 0 Å². The first kappa shape index (κ1) is 15.7. The largest absolute Gasteiger partial charge is 0.388 e. The Morgan fingerprint density at radius 2 is 2.00 bits per heavy atom. The van der Waals surface area contributed by atoms with E-state index >= 15 is 0 Å². The molecule has 2 rings (SSSR count). The number of ketones is 1. The van der Waals surface area contributed by atoms with Crippen molar-refractivity contribution in [1.29, 1.82) is 0 Å². The van der Waals surface area contributed by atoms with Gasteiger partial charge in [-0.15, -0.1) is 0 Å². The Hall–Kier alpha value is -1.69. The third-order valence-electron chi connectivity index (χ3n) is 4.04. The van der Waals surface area contributed by atoms with E-state index in [2.05, 4.69) is 10.4 Å². The highest BCUT2D eigenvalue weighted by atomic mass is 16.3. The van der Waals surface area contributed by atoms with Crippen LogP contribution in [-0.2, 0) is 11.3 Å². The molecule has 1 heterocycles. The molecule has 6 heteroatoms. The third-order valence-corrected chi connectivity index (χ3v) is 4.04. The van der Waals surface area contributed by atoms with Crippen LogP contribution < -0.4 is 5.32 Å². The molecule has 0 aliphatic heterocycles. The monoisotopic (exact) mass is 293 g/mol. The topological polar surface area (TPSA) is 84.2 Å². The van der Waals surface area contributed by atoms with Gasteiger partial charge in [0.05, 0.1) is 17.4 Å². The molecule has 1 aliphatic carbocycles. The first-order valence-corrected chi connectivity index (χ1v) is 7.61. The van der Waals surface area contributed by atoms with Crippen molar-refractivity contribution in [3.8, 4) is 0 Å². The highest BCUT2D eigenvalue weighted by Crippen LogP contribution is 2.26. The number of hydrogen-bond donors (Lipinski definition) is 2. The molecular formula is C15H23N3O3. The van der Waals surface area contributed by atoms with Crippen molar-refractivity contribution in [3.63, 3.8) is 0 Å². The van der Waals surface area contributed by atoms with Crippen molar-refractivity contribution in [1.82, 2.24) is 15.1 Å². The molecule has 1 aliphatic rings. The average Bonchev–Trinajstić information content (AvgIpc) is 2.86. The number of rotatable bonds is 5. The molecule has 0 aromatic carbocycles. The van der Waals surface area contributed by atoms with Gasteiger partial charge in [0, 0.05) is 19.3 Å². The Morgan fingerprint density at radius 1 is 1.33 bits per heavy atom. The van der Waals surface area contributed by atoms with Crippen molar-refractivity contribution in [2.45, 2.75) is 57.6 Å². The zero-order chi connectivity index (χ0) is 15.3. The number of amides is 1. The van der Waals surface area contributed by atoms with E-state index in [1.54, 1.807) is 10.9 Å². The minimum Gasteiger partial charge on any atom is -0.388 e. The van der Waals surface area contributed by atoms with Gasteiger partial charge in [-0.25, -0.2) is 0 Å². The van der Waals surface area contributed by atoms with Crippen LogP contribution in [0.15, 0.2) is 12.4 Å². The molecule has 21 heavy (non-hydrogen) atoms. The van der Waals surface area contributed by atoms with E-state index in [1.165, 1.54) is 6.20 Å². The lowest BCUT2D eigenvalue weighted by Gasteiger charge is -2.26. The van der Waals surface area contributed by atoms with Gasteiger partial charge in [0.1, 0.15) is 0 Å². The molecule has 0 unspecified atom stereocenters. The summed E-state index contributed by atoms with van der Waals surface area (Å²) in [6.07, 6.45) is 8.46. The van der Waals surface area contributed by atoms with Gasteiger partial charge in [-0.3, -0.25) is 14.3 Å². The van der Waals surface area contributed by atoms with Crippen molar-refractivity contribution in [2.75, 3.05) is 6.54 Å². The summed E-state index contributed by atoms with van der Waals surface area (Å²) in [6, 6.07) is 0. The number of aromatic nitrogens is 2. The maximum Gasteiger partial charge on any atom is 0.292 e. The molecule has 0 bridgehead atoms. The number of Topliss-reactive ketones (excluding diaryl/α,β-unsaturated/α-hetero) is 1. The fourth-order valence-corrected chi connectivity index (χ4v) is 2.67. The molecule has 1 fully saturated rings. The van der Waals surface area contributed by atoms with E-state index in [1.807, 2.05) is 6.92 Å². The normalized spacial score (nSPS) is 18.0. The van der Waals surface area contributed by atoms with Crippen molar-refractivity contribution < 1.29 is 14.7 Å². The lowest BCUT2D eigenvalue weighted by Crippen LogP contribution is -2.44. The first-order chi connectivity index (χ1) is 10.0. The second kappa shape index (κ2) is 6.85. The maximum atomic E-state index is 12.0. The quantitative estimate of drug-likeness (QED) is 0.487. The molecule has 1 aromatic heterocycles. The number of aliphatic hydroxyl groups is 1. The van der Waals surface area contributed by atoms with Gasteiger partial charge in [-0.1, -0.05) is 25.7 Å². The summed E-state index contributed by atoms with van der Waals surface area (Å²) in [5, 5.41) is 17.0. The average molecular weight is 293 g/mol. The molecule has 1 saturated carbocycles. The van der Waals surface area contributed by atoms with Gasteiger partial charge in [0.2, 0.25) is 0 Å². The Kier molecular flexibility index (Phi) is 5.12. The van der Waals surface area contributed by atoms with Gasteiger partial charge >= 0.3 is 0 Å². The lowest BCUT2D eigenvalue weighted by molar-refractivity contribution is -0.118. The molecule has 1 amide bonds. The van der Waals surface area contributed by atoms with E-state index in [9.17, 15) is 14.7 Å². The standard InChI is InChI=1S/C15H23N3O3/c1-2-18-10-12(9-17-18)13(19)14(20)16-11-15(21)7-5-3-4-6-8-15/h9-10,21H,2-8,11H2,1H3,(H,16,20). The Morgan fingerprint density at radius 3 is 2.57 bits per heavy atom. The highest BCUT2D eigenvalue weighted by molar-refractivity contribution is 6.42. The Labute approximate surface area is 124 Å². The van der Waals surface area contributed by atoms with Crippen LogP contribution in [0.3, 0.4) is 0 Å². The summed E-state index contributed by atoms with van der Waals surface area (Å²) in [7, 11) is 0. The van der Waals surface area contributed by atoms with Gasteiger partial charge in [0.15, 0.2) is 0 Å². The second-order valence-corrected chi connectivity index (χ2v) is 5.74. The van der Waals surface area contributed by atoms with Crippen LogP contribution in [0.5, 0.6) is 0 Å². The van der Waals surface area contributed by atoms with Gasteiger partial charge in [0.25, 0.3) is 11.7 Å². The summed E-state index contributed by atoms with van der Waals surface area (Å²) in [4.78, 5) is 23.9. The van der Waals surface area contributed by atoms with E-state index < -0.39 is 17.3 Å². The smallest absolute Gasteiger partial charge is 0.292 e. The van der Waals surface area contributed by atoms with E-state index in [0.29, 0.717) is 19.4 Å². The van der Waals surface area contributed by atoms with E-state index in [0.717, 1.165) is 25.7 Å². The maximum absolute atomic E-state index is 12.0. The van der Waals surface area contributed by atoms with Gasteiger partial charge in [-0.2, -0.15) is 5.10 Å². The summed E-state index contributed by atoms with van der Waals surface area (Å²) in [6.45, 7) is 2.69. The van der Waals surface area contributed by atoms with Crippen molar-refractivity contribution in [2.24, 2.45) is 0 Å². The first-order valence-electron chi connectivity index (χ1n) is 7.61. The number of hydrogen-bond acceptors (Lipinski definition) is 4. The second-order valence-electron chi connectivity index (χ2n) is 5.74. The van der Waals surface area contributed by atoms with E-state index in [-0.39, 0.29) is 12.1 Å². The summed E-state index contributed by atoms with van der Waals surface area (Å²) in [5.41, 5.74) is -0.595. The molecule has 0 saturated heterocycles. The summed E-state index contributed by atoms with van der Waals surface area (Å²) < 4.78 is 1.60. The zero-order valence-electron chi connectivity index (χ0n) is 12.5. The fourth-order valence-electron chi connectivity index (χ4n) is 2.67. The van der Waals surface area contributed by atoms with Gasteiger partial charge < -0.3 is 10.4 Å². The minimum absolute atomic E-state index is 0.138. The molecule has 0 spiro atoms.